The molecule has 0 spiro atoms. The molecule has 0 aromatic carbocycles. The first-order valence-electron chi connectivity index (χ1n) is 6.80. The highest BCUT2D eigenvalue weighted by Crippen LogP contribution is 1.96. The number of nitrogens with two attached hydrogens (primary N) is 3. The number of carboxylic acids is 1. The second-order valence-corrected chi connectivity index (χ2v) is 4.20. The molecule has 0 heterocycles. The van der Waals surface area contributed by atoms with E-state index in [1.54, 1.807) is 0 Å². The average Bonchev–Trinajstić information content (AvgIpc) is 2.39. The van der Waals surface area contributed by atoms with E-state index in [9.17, 15) is 4.79 Å². The van der Waals surface area contributed by atoms with Crippen LogP contribution in [0.2, 0.25) is 0 Å². The van der Waals surface area contributed by atoms with Crippen molar-refractivity contribution in [3.63, 3.8) is 0 Å². The number of carbonyl (C=O) groups is 1. The highest BCUT2D eigenvalue weighted by Gasteiger charge is 2.09. The summed E-state index contributed by atoms with van der Waals surface area (Å²) in [6, 6.07) is -0.716. The number of carboxylic acid groups (broad SMARTS) is 1. The number of hydrogen-bond donors (Lipinski definition) is 6. The van der Waals surface area contributed by atoms with Gasteiger partial charge in [0.25, 0.3) is 0 Å². The highest BCUT2D eigenvalue weighted by atomic mass is 16.4. The zero-order chi connectivity index (χ0) is 14.9. The van der Waals surface area contributed by atoms with E-state index in [4.69, 9.17) is 27.4 Å². The number of hydrogen-bond acceptors (Lipinski definition) is 6. The minimum atomic E-state index is -0.933. The molecule has 0 saturated carbocycles. The minimum Gasteiger partial charge on any atom is -0.480 e. The number of rotatable bonds is 11. The Labute approximate surface area is 115 Å². The number of aliphatic hydroxyl groups is 1. The Morgan fingerprint density at radius 1 is 1.05 bits per heavy atom. The first-order chi connectivity index (χ1) is 9.09. The van der Waals surface area contributed by atoms with Crippen LogP contribution in [-0.4, -0.2) is 55.0 Å². The van der Waals surface area contributed by atoms with Gasteiger partial charge in [-0.05, 0) is 51.9 Å². The molecule has 1 atom stereocenters. The zero-order valence-corrected chi connectivity index (χ0v) is 11.7. The second-order valence-electron chi connectivity index (χ2n) is 4.20. The fraction of sp³-hybridized carbons (Fsp3) is 0.917. The van der Waals surface area contributed by atoms with Crippen molar-refractivity contribution in [1.29, 1.82) is 0 Å². The van der Waals surface area contributed by atoms with E-state index in [2.05, 4.69) is 5.32 Å². The maximum absolute atomic E-state index is 10.1. The fourth-order valence-electron chi connectivity index (χ4n) is 1.19. The Morgan fingerprint density at radius 2 is 1.63 bits per heavy atom. The molecule has 116 valence electrons. The normalized spacial score (nSPS) is 11.6. The molecule has 0 aromatic rings. The second kappa shape index (κ2) is 17.3. The number of aliphatic carboxylic acids is 1. The van der Waals surface area contributed by atoms with E-state index in [0.29, 0.717) is 13.0 Å². The zero-order valence-electron chi connectivity index (χ0n) is 11.7. The van der Waals surface area contributed by atoms with Gasteiger partial charge in [-0.2, -0.15) is 0 Å². The van der Waals surface area contributed by atoms with Gasteiger partial charge in [-0.25, -0.2) is 0 Å². The Balaban J connectivity index is 0. The maximum atomic E-state index is 10.1. The monoisotopic (exact) mass is 278 g/mol. The Bertz CT molecular complexity index is 188. The van der Waals surface area contributed by atoms with Crippen LogP contribution in [0.1, 0.15) is 32.1 Å². The van der Waals surface area contributed by atoms with Crippen LogP contribution in [0.3, 0.4) is 0 Å². The third-order valence-corrected chi connectivity index (χ3v) is 2.36. The molecule has 0 radical (unpaired) electrons. The smallest absolute Gasteiger partial charge is 0.320 e. The van der Waals surface area contributed by atoms with Crippen LogP contribution >= 0.6 is 0 Å². The van der Waals surface area contributed by atoms with Gasteiger partial charge in [0.1, 0.15) is 6.04 Å². The van der Waals surface area contributed by atoms with Gasteiger partial charge >= 0.3 is 5.97 Å². The topological polar surface area (TPSA) is 148 Å². The molecule has 0 saturated heterocycles. The first kappa shape index (κ1) is 20.6. The van der Waals surface area contributed by atoms with Crippen LogP contribution in [0.15, 0.2) is 0 Å². The van der Waals surface area contributed by atoms with E-state index >= 15 is 0 Å². The molecule has 9 N–H and O–H groups in total. The summed E-state index contributed by atoms with van der Waals surface area (Å²) in [4.78, 5) is 10.1. The summed E-state index contributed by atoms with van der Waals surface area (Å²) >= 11 is 0. The van der Waals surface area contributed by atoms with E-state index in [1.165, 1.54) is 0 Å². The van der Waals surface area contributed by atoms with Crippen molar-refractivity contribution in [2.75, 3.05) is 32.8 Å². The molecule has 0 amide bonds. The van der Waals surface area contributed by atoms with Crippen molar-refractivity contribution in [3.05, 3.63) is 0 Å². The lowest BCUT2D eigenvalue weighted by Crippen LogP contribution is -2.29. The molecule has 7 nitrogen and oxygen atoms in total. The van der Waals surface area contributed by atoms with Crippen molar-refractivity contribution in [1.82, 2.24) is 5.32 Å². The molecule has 0 fully saturated rings. The summed E-state index contributed by atoms with van der Waals surface area (Å²) in [5, 5.41) is 19.8. The Kier molecular flexibility index (Phi) is 18.7. The quantitative estimate of drug-likeness (QED) is 0.261. The van der Waals surface area contributed by atoms with Gasteiger partial charge in [0.15, 0.2) is 0 Å². The van der Waals surface area contributed by atoms with Gasteiger partial charge in [-0.3, -0.25) is 4.79 Å². The molecule has 0 aromatic heterocycles. The van der Waals surface area contributed by atoms with Gasteiger partial charge in [0, 0.05) is 6.61 Å². The SMILES string of the molecule is NCCCCC(N)C(=O)O.NCCCNCCCO. The molecule has 0 aliphatic heterocycles. The molecule has 0 aliphatic carbocycles. The lowest BCUT2D eigenvalue weighted by atomic mass is 10.1. The van der Waals surface area contributed by atoms with Gasteiger partial charge in [-0.15, -0.1) is 0 Å². The molecule has 0 rings (SSSR count). The van der Waals surface area contributed by atoms with E-state index in [0.717, 1.165) is 45.3 Å². The Hall–Kier alpha value is -0.730. The largest absolute Gasteiger partial charge is 0.480 e. The molecular weight excluding hydrogens is 248 g/mol. The average molecular weight is 278 g/mol. The molecule has 7 heteroatoms. The van der Waals surface area contributed by atoms with Crippen LogP contribution in [-0.2, 0) is 4.79 Å². The van der Waals surface area contributed by atoms with Crippen molar-refractivity contribution in [3.8, 4) is 0 Å². The van der Waals surface area contributed by atoms with Crippen molar-refractivity contribution >= 4 is 5.97 Å². The van der Waals surface area contributed by atoms with Crippen LogP contribution in [0, 0.1) is 0 Å². The fourth-order valence-corrected chi connectivity index (χ4v) is 1.19. The van der Waals surface area contributed by atoms with Gasteiger partial charge in [0.05, 0.1) is 0 Å². The first-order valence-corrected chi connectivity index (χ1v) is 6.80. The van der Waals surface area contributed by atoms with Crippen LogP contribution in [0.5, 0.6) is 0 Å². The molecule has 0 aliphatic rings. The third kappa shape index (κ3) is 19.8. The molecule has 19 heavy (non-hydrogen) atoms. The number of aliphatic hydroxyl groups excluding tert-OH is 1. The van der Waals surface area contributed by atoms with E-state index in [1.807, 2.05) is 0 Å². The number of unbranched alkanes of at least 4 members (excludes halogenated alkanes) is 1. The highest BCUT2D eigenvalue weighted by molar-refractivity contribution is 5.72. The van der Waals surface area contributed by atoms with Crippen LogP contribution < -0.4 is 22.5 Å². The summed E-state index contributed by atoms with van der Waals surface area (Å²) < 4.78 is 0. The van der Waals surface area contributed by atoms with Crippen LogP contribution in [0.4, 0.5) is 0 Å². The summed E-state index contributed by atoms with van der Waals surface area (Å²) in [5.74, 6) is -0.933. The summed E-state index contributed by atoms with van der Waals surface area (Å²) in [5.41, 5.74) is 15.7. The van der Waals surface area contributed by atoms with Crippen molar-refractivity contribution in [2.45, 2.75) is 38.1 Å². The van der Waals surface area contributed by atoms with E-state index < -0.39 is 12.0 Å². The minimum absolute atomic E-state index is 0.273. The molecular formula is C12H30N4O3. The third-order valence-electron chi connectivity index (χ3n) is 2.36. The molecule has 0 bridgehead atoms. The molecule has 1 unspecified atom stereocenters. The van der Waals surface area contributed by atoms with Gasteiger partial charge in [-0.1, -0.05) is 6.42 Å². The maximum Gasteiger partial charge on any atom is 0.320 e. The summed E-state index contributed by atoms with van der Waals surface area (Å²) in [6.45, 7) is 3.49. The van der Waals surface area contributed by atoms with Gasteiger partial charge < -0.3 is 32.7 Å². The number of nitrogens with one attached hydrogen (secondary N) is 1. The van der Waals surface area contributed by atoms with Crippen molar-refractivity contribution < 1.29 is 15.0 Å². The summed E-state index contributed by atoms with van der Waals surface area (Å²) in [7, 11) is 0. The lowest BCUT2D eigenvalue weighted by Gasteiger charge is -2.03. The predicted molar refractivity (Wildman–Crippen MR) is 76.8 cm³/mol. The Morgan fingerprint density at radius 3 is 2.11 bits per heavy atom. The standard InChI is InChI=1S/C6H14N2O2.C6H16N2O/c7-4-2-1-3-5(8)6(9)10;7-3-1-4-8-5-2-6-9/h5H,1-4,7-8H2,(H,9,10);8-9H,1-7H2. The van der Waals surface area contributed by atoms with Gasteiger partial charge in [0.2, 0.25) is 0 Å². The van der Waals surface area contributed by atoms with Crippen molar-refractivity contribution in [2.24, 2.45) is 17.2 Å². The summed E-state index contributed by atoms with van der Waals surface area (Å²) in [6.07, 6.45) is 4.02. The predicted octanol–water partition coefficient (Wildman–Crippen LogP) is -1.17. The van der Waals surface area contributed by atoms with Crippen LogP contribution in [0.25, 0.3) is 0 Å². The lowest BCUT2D eigenvalue weighted by molar-refractivity contribution is -0.138. The van der Waals surface area contributed by atoms with E-state index in [-0.39, 0.29) is 6.61 Å².